The van der Waals surface area contributed by atoms with Gasteiger partial charge in [-0.2, -0.15) is 0 Å². The largest absolute Gasteiger partial charge is 0.630 e. The molecule has 0 amide bonds. The van der Waals surface area contributed by atoms with Crippen molar-refractivity contribution in [2.45, 2.75) is 6.92 Å². The van der Waals surface area contributed by atoms with Crippen LogP contribution in [0, 0.1) is 17.9 Å². The minimum atomic E-state index is -0.694. The molecule has 114 valence electrons. The zero-order valence-corrected chi connectivity index (χ0v) is 12.3. The number of carbonyl (C=O) groups excluding carboxylic acids is 1. The van der Waals surface area contributed by atoms with Crippen LogP contribution in [0.1, 0.15) is 27.0 Å². The van der Waals surface area contributed by atoms with Crippen LogP contribution in [0.3, 0.4) is 0 Å². The zero-order chi connectivity index (χ0) is 16.1. The van der Waals surface area contributed by atoms with Crippen LogP contribution in [0.5, 0.6) is 0 Å². The molecule has 5 heteroatoms. The Hall–Kier alpha value is -2.50. The van der Waals surface area contributed by atoms with E-state index in [0.717, 1.165) is 11.0 Å². The maximum absolute atomic E-state index is 14.4. The molecule has 0 spiro atoms. The molecule has 2 aromatic rings. The number of halogens is 1. The molecule has 0 aliphatic heterocycles. The highest BCUT2D eigenvalue weighted by molar-refractivity contribution is 5.92. The van der Waals surface area contributed by atoms with Gasteiger partial charge in [0.25, 0.3) is 0 Å². The van der Waals surface area contributed by atoms with Gasteiger partial charge in [0.2, 0.25) is 0 Å². The van der Waals surface area contributed by atoms with E-state index in [1.165, 1.54) is 7.11 Å². The summed E-state index contributed by atoms with van der Waals surface area (Å²) in [5, 5.41) is 10.6. The summed E-state index contributed by atoms with van der Waals surface area (Å²) in [6, 6.07) is 10.1. The fourth-order valence-corrected chi connectivity index (χ4v) is 2.04. The average molecular weight is 301 g/mol. The van der Waals surface area contributed by atoms with Gasteiger partial charge in [-0.25, -0.2) is 9.18 Å². The SMILES string of the molecule is COC(=O)c1c(C)ccc(/C=C/c2ccc([NH2+][O-])cc2)c1F. The monoisotopic (exact) mass is 301 g/mol. The van der Waals surface area contributed by atoms with Crippen LogP contribution in [0.2, 0.25) is 0 Å². The highest BCUT2D eigenvalue weighted by Gasteiger charge is 2.17. The van der Waals surface area contributed by atoms with Gasteiger partial charge in [-0.05, 0) is 42.3 Å². The molecule has 0 aliphatic carbocycles. The zero-order valence-electron chi connectivity index (χ0n) is 12.3. The molecule has 2 rings (SSSR count). The molecule has 0 atom stereocenters. The normalized spacial score (nSPS) is 10.9. The summed E-state index contributed by atoms with van der Waals surface area (Å²) in [4.78, 5) is 11.6. The van der Waals surface area contributed by atoms with Gasteiger partial charge in [0.05, 0.1) is 12.7 Å². The van der Waals surface area contributed by atoms with Gasteiger partial charge in [0.1, 0.15) is 11.5 Å². The van der Waals surface area contributed by atoms with Crippen molar-refractivity contribution in [2.75, 3.05) is 7.11 Å². The van der Waals surface area contributed by atoms with E-state index in [9.17, 15) is 14.4 Å². The molecular weight excluding hydrogens is 285 g/mol. The van der Waals surface area contributed by atoms with Gasteiger partial charge in [-0.3, -0.25) is 0 Å². The lowest BCUT2D eigenvalue weighted by atomic mass is 10.0. The Morgan fingerprint density at radius 3 is 2.45 bits per heavy atom. The van der Waals surface area contributed by atoms with Crippen molar-refractivity contribution < 1.29 is 19.4 Å². The number of aryl methyl sites for hydroxylation is 1. The summed E-state index contributed by atoms with van der Waals surface area (Å²) < 4.78 is 19.0. The van der Waals surface area contributed by atoms with E-state index in [1.807, 2.05) is 0 Å². The highest BCUT2D eigenvalue weighted by Crippen LogP contribution is 2.20. The second kappa shape index (κ2) is 6.98. The molecule has 2 N–H and O–H groups in total. The number of benzene rings is 2. The van der Waals surface area contributed by atoms with Crippen LogP contribution in [-0.4, -0.2) is 13.1 Å². The Balaban J connectivity index is 2.32. The van der Waals surface area contributed by atoms with Crippen molar-refractivity contribution in [3.8, 4) is 0 Å². The van der Waals surface area contributed by atoms with Crippen LogP contribution >= 0.6 is 0 Å². The number of methoxy groups -OCH3 is 1. The van der Waals surface area contributed by atoms with Gasteiger partial charge in [0.15, 0.2) is 0 Å². The van der Waals surface area contributed by atoms with E-state index in [1.54, 1.807) is 55.5 Å². The average Bonchev–Trinajstić information content (AvgIpc) is 2.54. The lowest BCUT2D eigenvalue weighted by Gasteiger charge is -2.07. The summed E-state index contributed by atoms with van der Waals surface area (Å²) in [5.41, 5.74) is 2.93. The third-order valence-corrected chi connectivity index (χ3v) is 3.30. The van der Waals surface area contributed by atoms with Crippen molar-refractivity contribution in [3.05, 3.63) is 69.7 Å². The number of hydrogen-bond acceptors (Lipinski definition) is 3. The van der Waals surface area contributed by atoms with Crippen LogP contribution in [0.15, 0.2) is 36.4 Å². The van der Waals surface area contributed by atoms with Crippen LogP contribution < -0.4 is 5.48 Å². The van der Waals surface area contributed by atoms with Crippen molar-refractivity contribution >= 4 is 23.8 Å². The molecule has 4 nitrogen and oxygen atoms in total. The molecule has 0 aromatic heterocycles. The van der Waals surface area contributed by atoms with Crippen LogP contribution in [-0.2, 0) is 4.74 Å². The Kier molecular flexibility index (Phi) is 5.04. The van der Waals surface area contributed by atoms with Gasteiger partial charge in [0, 0.05) is 5.56 Å². The van der Waals surface area contributed by atoms with E-state index in [0.29, 0.717) is 16.8 Å². The number of ether oxygens (including phenoxy) is 1. The molecule has 22 heavy (non-hydrogen) atoms. The standard InChI is InChI=1S/C17H16FNO3/c1-11-3-7-13(16(18)15(11)17(20)22-2)8-4-12-5-9-14(19-21)10-6-12/h3-10H,19H2,1-2H3/b8-4+. The van der Waals surface area contributed by atoms with Crippen molar-refractivity contribution in [3.63, 3.8) is 0 Å². The minimum absolute atomic E-state index is 0.0547. The summed E-state index contributed by atoms with van der Waals surface area (Å²) in [6.07, 6.45) is 3.29. The van der Waals surface area contributed by atoms with E-state index in [2.05, 4.69) is 4.74 Å². The van der Waals surface area contributed by atoms with Crippen LogP contribution in [0.4, 0.5) is 10.1 Å². The van der Waals surface area contributed by atoms with E-state index in [4.69, 9.17) is 0 Å². The third-order valence-electron chi connectivity index (χ3n) is 3.30. The summed E-state index contributed by atoms with van der Waals surface area (Å²) >= 11 is 0. The first-order chi connectivity index (χ1) is 10.6. The summed E-state index contributed by atoms with van der Waals surface area (Å²) in [7, 11) is 1.22. The first-order valence-electron chi connectivity index (χ1n) is 6.67. The predicted octanol–water partition coefficient (Wildman–Crippen LogP) is 2.78. The number of quaternary nitrogens is 1. The summed E-state index contributed by atoms with van der Waals surface area (Å²) in [6.45, 7) is 1.65. The third kappa shape index (κ3) is 3.39. The highest BCUT2D eigenvalue weighted by atomic mass is 19.1. The maximum Gasteiger partial charge on any atom is 0.341 e. The number of nitrogens with two attached hydrogens (primary N) is 1. The second-order valence-electron chi connectivity index (χ2n) is 4.77. The fraction of sp³-hybridized carbons (Fsp3) is 0.118. The molecule has 0 bridgehead atoms. The molecule has 0 saturated heterocycles. The molecule has 0 radical (unpaired) electrons. The van der Waals surface area contributed by atoms with Crippen molar-refractivity contribution in [1.82, 2.24) is 0 Å². The van der Waals surface area contributed by atoms with E-state index >= 15 is 0 Å². The number of hydrogen-bond donors (Lipinski definition) is 1. The van der Waals surface area contributed by atoms with Gasteiger partial charge in [-0.15, -0.1) is 0 Å². The number of rotatable bonds is 4. The summed E-state index contributed by atoms with van der Waals surface area (Å²) in [5.74, 6) is -1.30. The Morgan fingerprint density at radius 2 is 1.86 bits per heavy atom. The molecule has 0 fully saturated rings. The van der Waals surface area contributed by atoms with Crippen LogP contribution in [0.25, 0.3) is 12.2 Å². The molecule has 0 heterocycles. The molecule has 0 saturated carbocycles. The Labute approximate surface area is 127 Å². The van der Waals surface area contributed by atoms with E-state index < -0.39 is 11.8 Å². The second-order valence-corrected chi connectivity index (χ2v) is 4.77. The quantitative estimate of drug-likeness (QED) is 0.409. The first kappa shape index (κ1) is 15.9. The van der Waals surface area contributed by atoms with E-state index in [-0.39, 0.29) is 5.56 Å². The first-order valence-corrected chi connectivity index (χ1v) is 6.67. The molecular formula is C17H16FNO3. The maximum atomic E-state index is 14.4. The van der Waals surface area contributed by atoms with Crippen molar-refractivity contribution in [2.24, 2.45) is 0 Å². The molecule has 0 unspecified atom stereocenters. The number of esters is 1. The van der Waals surface area contributed by atoms with Gasteiger partial charge in [-0.1, -0.05) is 24.3 Å². The molecule has 2 aromatic carbocycles. The lowest BCUT2D eigenvalue weighted by Crippen LogP contribution is -2.70. The number of carbonyl (C=O) groups is 1. The smallest absolute Gasteiger partial charge is 0.341 e. The lowest BCUT2D eigenvalue weighted by molar-refractivity contribution is -0.497. The predicted molar refractivity (Wildman–Crippen MR) is 82.8 cm³/mol. The minimum Gasteiger partial charge on any atom is -0.630 e. The van der Waals surface area contributed by atoms with Crippen molar-refractivity contribution in [1.29, 1.82) is 0 Å². The Bertz CT molecular complexity index is 709. The topological polar surface area (TPSA) is 66.0 Å². The van der Waals surface area contributed by atoms with Gasteiger partial charge >= 0.3 is 5.97 Å². The van der Waals surface area contributed by atoms with Gasteiger partial charge < -0.3 is 15.4 Å². The Morgan fingerprint density at radius 1 is 1.18 bits per heavy atom. The fourth-order valence-electron chi connectivity index (χ4n) is 2.04. The molecule has 0 aliphatic rings.